The molecule has 5 rings (SSSR count). The molecule has 0 radical (unpaired) electrons. The van der Waals surface area contributed by atoms with Crippen LogP contribution in [0.1, 0.15) is 21.5 Å². The number of fused-ring (bicyclic) bond motifs is 2. The number of aromatic nitrogens is 4. The monoisotopic (exact) mass is 381 g/mol. The van der Waals surface area contributed by atoms with Crippen LogP contribution in [0.15, 0.2) is 73.1 Å². The summed E-state index contributed by atoms with van der Waals surface area (Å²) in [6, 6.07) is 21.5. The smallest absolute Gasteiger partial charge is 0.251 e. The van der Waals surface area contributed by atoms with E-state index in [4.69, 9.17) is 0 Å². The number of aryl methyl sites for hydroxylation is 1. The van der Waals surface area contributed by atoms with E-state index in [1.165, 1.54) is 0 Å². The third-order valence-corrected chi connectivity index (χ3v) is 5.19. The lowest BCUT2D eigenvalue weighted by Crippen LogP contribution is -2.23. The molecule has 29 heavy (non-hydrogen) atoms. The second kappa shape index (κ2) is 6.91. The van der Waals surface area contributed by atoms with Crippen molar-refractivity contribution >= 4 is 27.8 Å². The number of para-hydroxylation sites is 1. The second-order valence-electron chi connectivity index (χ2n) is 7.02. The van der Waals surface area contributed by atoms with Crippen molar-refractivity contribution in [3.05, 3.63) is 89.7 Å². The van der Waals surface area contributed by atoms with E-state index in [0.717, 1.165) is 38.9 Å². The topological polar surface area (TPSA) is 75.6 Å². The molecule has 1 amide bonds. The fraction of sp³-hybridized carbons (Fsp3) is 0.0870. The molecule has 142 valence electrons. The summed E-state index contributed by atoms with van der Waals surface area (Å²) in [6.45, 7) is 2.54. The number of nitrogens with zero attached hydrogens (tertiary/aromatic N) is 3. The van der Waals surface area contributed by atoms with Gasteiger partial charge < -0.3 is 5.32 Å². The van der Waals surface area contributed by atoms with Crippen LogP contribution in [0.25, 0.3) is 27.8 Å². The molecule has 6 heteroatoms. The van der Waals surface area contributed by atoms with Gasteiger partial charge in [0.05, 0.1) is 16.6 Å². The molecule has 0 spiro atoms. The molecule has 0 aliphatic carbocycles. The molecule has 0 aliphatic heterocycles. The molecular weight excluding hydrogens is 362 g/mol. The summed E-state index contributed by atoms with van der Waals surface area (Å²) in [5, 5.41) is 11.5. The van der Waals surface area contributed by atoms with Crippen LogP contribution in [0.3, 0.4) is 0 Å². The zero-order chi connectivity index (χ0) is 19.8. The number of benzene rings is 3. The molecule has 0 unspecified atom stereocenters. The van der Waals surface area contributed by atoms with Crippen molar-refractivity contribution < 1.29 is 4.79 Å². The largest absolute Gasteiger partial charge is 0.348 e. The second-order valence-corrected chi connectivity index (χ2v) is 7.02. The molecule has 6 nitrogen and oxygen atoms in total. The lowest BCUT2D eigenvalue weighted by molar-refractivity contribution is 0.0951. The van der Waals surface area contributed by atoms with Crippen LogP contribution in [-0.2, 0) is 6.54 Å². The molecular formula is C23H19N5O. The predicted molar refractivity (Wildman–Crippen MR) is 113 cm³/mol. The average Bonchev–Trinajstić information content (AvgIpc) is 3.36. The van der Waals surface area contributed by atoms with Crippen LogP contribution in [-0.4, -0.2) is 25.7 Å². The van der Waals surface area contributed by atoms with Gasteiger partial charge in [-0.05, 0) is 48.4 Å². The third kappa shape index (κ3) is 3.04. The lowest BCUT2D eigenvalue weighted by atomic mass is 10.1. The number of hydrogen-bond donors (Lipinski definition) is 2. The molecule has 0 saturated heterocycles. The Hall–Kier alpha value is -3.93. The zero-order valence-electron chi connectivity index (χ0n) is 15.9. The molecule has 3 aromatic carbocycles. The number of H-pyrrole nitrogens is 1. The van der Waals surface area contributed by atoms with Crippen LogP contribution in [0.2, 0.25) is 0 Å². The van der Waals surface area contributed by atoms with E-state index in [0.29, 0.717) is 12.1 Å². The molecule has 2 N–H and O–H groups in total. The van der Waals surface area contributed by atoms with Gasteiger partial charge >= 0.3 is 0 Å². The lowest BCUT2D eigenvalue weighted by Gasteiger charge is -2.08. The third-order valence-electron chi connectivity index (χ3n) is 5.19. The minimum atomic E-state index is -0.116. The van der Waals surface area contributed by atoms with Gasteiger partial charge in [0.25, 0.3) is 5.91 Å². The highest BCUT2D eigenvalue weighted by atomic mass is 16.1. The highest BCUT2D eigenvalue weighted by Gasteiger charge is 2.13. The summed E-state index contributed by atoms with van der Waals surface area (Å²) in [7, 11) is 0. The van der Waals surface area contributed by atoms with Crippen molar-refractivity contribution in [3.63, 3.8) is 0 Å². The number of aromatic amines is 1. The maximum Gasteiger partial charge on any atom is 0.251 e. The van der Waals surface area contributed by atoms with Gasteiger partial charge in [0, 0.05) is 17.5 Å². The highest BCUT2D eigenvalue weighted by molar-refractivity contribution is 5.98. The summed E-state index contributed by atoms with van der Waals surface area (Å²) in [6.07, 6.45) is 1.74. The van der Waals surface area contributed by atoms with Gasteiger partial charge in [0.2, 0.25) is 0 Å². The van der Waals surface area contributed by atoms with Crippen LogP contribution >= 0.6 is 0 Å². The van der Waals surface area contributed by atoms with Crippen molar-refractivity contribution in [2.75, 3.05) is 0 Å². The van der Waals surface area contributed by atoms with Crippen LogP contribution < -0.4 is 5.32 Å². The van der Waals surface area contributed by atoms with Crippen LogP contribution in [0, 0.1) is 6.92 Å². The van der Waals surface area contributed by atoms with E-state index >= 15 is 0 Å². The molecule has 0 bridgehead atoms. The molecule has 0 atom stereocenters. The van der Waals surface area contributed by atoms with Gasteiger partial charge in [-0.25, -0.2) is 4.98 Å². The summed E-state index contributed by atoms with van der Waals surface area (Å²) in [5.41, 5.74) is 5.47. The number of imidazole rings is 1. The van der Waals surface area contributed by atoms with Gasteiger partial charge in [-0.15, -0.1) is 0 Å². The molecule has 2 heterocycles. The quantitative estimate of drug-likeness (QED) is 0.491. The van der Waals surface area contributed by atoms with Crippen LogP contribution in [0.5, 0.6) is 0 Å². The summed E-state index contributed by atoms with van der Waals surface area (Å²) in [5.74, 6) is 0.676. The van der Waals surface area contributed by atoms with Crippen LogP contribution in [0.4, 0.5) is 0 Å². The fourth-order valence-electron chi connectivity index (χ4n) is 3.54. The zero-order valence-corrected chi connectivity index (χ0v) is 15.9. The van der Waals surface area contributed by atoms with Crippen molar-refractivity contribution in [3.8, 4) is 5.82 Å². The van der Waals surface area contributed by atoms with E-state index in [1.807, 2.05) is 78.2 Å². The molecule has 0 fully saturated rings. The number of rotatable bonds is 4. The normalized spacial score (nSPS) is 11.2. The number of carbonyl (C=O) groups is 1. The first kappa shape index (κ1) is 17.2. The van der Waals surface area contributed by atoms with E-state index < -0.39 is 0 Å². The minimum absolute atomic E-state index is 0.116. The van der Waals surface area contributed by atoms with Crippen molar-refractivity contribution in [1.82, 2.24) is 25.1 Å². The maximum absolute atomic E-state index is 12.6. The number of carbonyl (C=O) groups excluding carboxylic acids is 1. The van der Waals surface area contributed by atoms with E-state index in [9.17, 15) is 4.79 Å². The fourth-order valence-corrected chi connectivity index (χ4v) is 3.54. The number of nitrogens with one attached hydrogen (secondary N) is 2. The predicted octanol–water partition coefficient (Wildman–Crippen LogP) is 4.14. The van der Waals surface area contributed by atoms with Crippen molar-refractivity contribution in [2.45, 2.75) is 13.5 Å². The van der Waals surface area contributed by atoms with E-state index in [-0.39, 0.29) is 5.91 Å². The molecule has 2 aromatic heterocycles. The minimum Gasteiger partial charge on any atom is -0.348 e. The van der Waals surface area contributed by atoms with Gasteiger partial charge in [-0.2, -0.15) is 5.10 Å². The first-order chi connectivity index (χ1) is 14.2. The standard InChI is InChI=1S/C23H19N5O/c1-15-6-2-3-7-17(15)13-24-23(29)16-10-11-21-20(12-16)25-14-28(21)22-18-8-4-5-9-19(18)26-27-22/h2-12,14H,13H2,1H3,(H,24,29)(H,26,27). The number of amides is 1. The summed E-state index contributed by atoms with van der Waals surface area (Å²) in [4.78, 5) is 17.1. The Bertz CT molecular complexity index is 1350. The Morgan fingerprint density at radius 1 is 1.07 bits per heavy atom. The molecule has 0 aliphatic rings. The van der Waals surface area contributed by atoms with Crippen molar-refractivity contribution in [1.29, 1.82) is 0 Å². The van der Waals surface area contributed by atoms with E-state index in [2.05, 4.69) is 20.5 Å². The maximum atomic E-state index is 12.6. The van der Waals surface area contributed by atoms with Gasteiger partial charge in [0.1, 0.15) is 6.33 Å². The van der Waals surface area contributed by atoms with Crippen molar-refractivity contribution in [2.24, 2.45) is 0 Å². The van der Waals surface area contributed by atoms with Gasteiger partial charge in [0.15, 0.2) is 5.82 Å². The molecule has 5 aromatic rings. The highest BCUT2D eigenvalue weighted by Crippen LogP contribution is 2.24. The average molecular weight is 381 g/mol. The summed E-state index contributed by atoms with van der Waals surface area (Å²) < 4.78 is 1.93. The molecule has 0 saturated carbocycles. The Morgan fingerprint density at radius 2 is 1.90 bits per heavy atom. The van der Waals surface area contributed by atoms with Gasteiger partial charge in [-0.3, -0.25) is 14.5 Å². The number of hydrogen-bond acceptors (Lipinski definition) is 3. The Kier molecular flexibility index (Phi) is 4.09. The Morgan fingerprint density at radius 3 is 2.79 bits per heavy atom. The SMILES string of the molecule is Cc1ccccc1CNC(=O)c1ccc2c(c1)ncn2-c1n[nH]c2ccccc12. The Labute approximate surface area is 167 Å². The van der Waals surface area contributed by atoms with E-state index in [1.54, 1.807) is 6.33 Å². The Balaban J connectivity index is 1.43. The van der Waals surface area contributed by atoms with Gasteiger partial charge in [-0.1, -0.05) is 36.4 Å². The summed E-state index contributed by atoms with van der Waals surface area (Å²) >= 11 is 0. The first-order valence-electron chi connectivity index (χ1n) is 9.44. The first-order valence-corrected chi connectivity index (χ1v) is 9.44.